The number of hydrogen-bond acceptors (Lipinski definition) is 4. The largest absolute Gasteiger partial charge is 0.461 e. The highest BCUT2D eigenvalue weighted by Crippen LogP contribution is 2.22. The van der Waals surface area contributed by atoms with Crippen LogP contribution in [0.5, 0.6) is 0 Å². The van der Waals surface area contributed by atoms with Crippen LogP contribution >= 0.6 is 0 Å². The molecule has 0 spiro atoms. The third-order valence-corrected chi connectivity index (χ3v) is 2.98. The quantitative estimate of drug-likeness (QED) is 0.882. The minimum absolute atomic E-state index is 0.252. The molecule has 2 aromatic heterocycles. The molecule has 90 valence electrons. The van der Waals surface area contributed by atoms with E-state index < -0.39 is 0 Å². The van der Waals surface area contributed by atoms with Gasteiger partial charge in [-0.15, -0.1) is 0 Å². The predicted molar refractivity (Wildman–Crippen MR) is 66.7 cm³/mol. The highest BCUT2D eigenvalue weighted by molar-refractivity contribution is 5.52. The third kappa shape index (κ3) is 2.22. The van der Waals surface area contributed by atoms with Gasteiger partial charge in [0.05, 0.1) is 6.26 Å². The van der Waals surface area contributed by atoms with Crippen molar-refractivity contribution < 1.29 is 4.42 Å². The Bertz CT molecular complexity index is 519. The molecule has 2 aromatic rings. The lowest BCUT2D eigenvalue weighted by atomic mass is 10.1. The molecular weight excluding hydrogens is 214 g/mol. The van der Waals surface area contributed by atoms with Gasteiger partial charge >= 0.3 is 0 Å². The van der Waals surface area contributed by atoms with Crippen molar-refractivity contribution in [1.29, 1.82) is 0 Å². The van der Waals surface area contributed by atoms with Crippen molar-refractivity contribution in [1.82, 2.24) is 15.3 Å². The van der Waals surface area contributed by atoms with Gasteiger partial charge in [-0.05, 0) is 39.4 Å². The number of nitrogens with one attached hydrogen (secondary N) is 1. The van der Waals surface area contributed by atoms with Crippen LogP contribution in [0, 0.1) is 13.8 Å². The molecule has 2 heterocycles. The molecule has 0 aliphatic rings. The maximum atomic E-state index is 5.39. The Morgan fingerprint density at radius 2 is 2.12 bits per heavy atom. The van der Waals surface area contributed by atoms with E-state index in [2.05, 4.69) is 22.2 Å². The molecule has 0 bridgehead atoms. The van der Waals surface area contributed by atoms with Gasteiger partial charge in [0, 0.05) is 23.5 Å². The average molecular weight is 231 g/mol. The summed E-state index contributed by atoms with van der Waals surface area (Å²) in [6, 6.07) is 2.17. The van der Waals surface area contributed by atoms with E-state index in [1.807, 2.05) is 33.2 Å². The van der Waals surface area contributed by atoms with Crippen LogP contribution in [0.3, 0.4) is 0 Å². The highest BCUT2D eigenvalue weighted by atomic mass is 16.3. The van der Waals surface area contributed by atoms with Crippen LogP contribution in [0.4, 0.5) is 0 Å². The molecule has 0 aromatic carbocycles. The molecule has 4 nitrogen and oxygen atoms in total. The summed E-state index contributed by atoms with van der Waals surface area (Å²) in [7, 11) is 1.93. The van der Waals surface area contributed by atoms with Crippen LogP contribution in [0.25, 0.3) is 11.6 Å². The number of furan rings is 1. The lowest BCUT2D eigenvalue weighted by molar-refractivity contribution is 0.574. The fourth-order valence-corrected chi connectivity index (χ4v) is 1.77. The highest BCUT2D eigenvalue weighted by Gasteiger charge is 2.13. The fourth-order valence-electron chi connectivity index (χ4n) is 1.77. The topological polar surface area (TPSA) is 51.0 Å². The molecule has 1 atom stereocenters. The van der Waals surface area contributed by atoms with Gasteiger partial charge in [0.1, 0.15) is 0 Å². The second kappa shape index (κ2) is 4.67. The fraction of sp³-hybridized carbons (Fsp3) is 0.385. The summed E-state index contributed by atoms with van der Waals surface area (Å²) in [6.07, 6.45) is 3.52. The monoisotopic (exact) mass is 231 g/mol. The second-order valence-electron chi connectivity index (χ2n) is 4.18. The molecule has 0 amide bonds. The lowest BCUT2D eigenvalue weighted by Gasteiger charge is -2.12. The van der Waals surface area contributed by atoms with Gasteiger partial charge in [-0.25, -0.2) is 9.97 Å². The van der Waals surface area contributed by atoms with Crippen molar-refractivity contribution in [3.05, 3.63) is 35.3 Å². The molecule has 0 saturated heterocycles. The second-order valence-corrected chi connectivity index (χ2v) is 4.18. The average Bonchev–Trinajstić information content (AvgIpc) is 2.74. The summed E-state index contributed by atoms with van der Waals surface area (Å²) in [4.78, 5) is 8.87. The smallest absolute Gasteiger partial charge is 0.196 e. The standard InChI is InChI=1S/C13H17N3O/c1-8-5-6-17-12(8)13-15-7-11(9(2)14-4)10(3)16-13/h5-7,9,14H,1-4H3. The summed E-state index contributed by atoms with van der Waals surface area (Å²) in [6.45, 7) is 6.07. The van der Waals surface area contributed by atoms with Gasteiger partial charge in [0.15, 0.2) is 11.6 Å². The first-order valence-electron chi connectivity index (χ1n) is 5.68. The molecule has 2 rings (SSSR count). The van der Waals surface area contributed by atoms with Gasteiger partial charge in [0.25, 0.3) is 0 Å². The van der Waals surface area contributed by atoms with E-state index in [1.165, 1.54) is 0 Å². The molecule has 0 aliphatic carbocycles. The number of rotatable bonds is 3. The first kappa shape index (κ1) is 11.8. The molecule has 0 fully saturated rings. The Balaban J connectivity index is 2.41. The maximum absolute atomic E-state index is 5.39. The van der Waals surface area contributed by atoms with Crippen molar-refractivity contribution in [2.75, 3.05) is 7.05 Å². The Morgan fingerprint density at radius 1 is 1.35 bits per heavy atom. The van der Waals surface area contributed by atoms with Crippen LogP contribution in [-0.2, 0) is 0 Å². The van der Waals surface area contributed by atoms with Crippen LogP contribution in [-0.4, -0.2) is 17.0 Å². The summed E-state index contributed by atoms with van der Waals surface area (Å²) in [5.74, 6) is 1.40. The summed E-state index contributed by atoms with van der Waals surface area (Å²) in [5.41, 5.74) is 3.15. The number of hydrogen-bond donors (Lipinski definition) is 1. The van der Waals surface area contributed by atoms with Crippen molar-refractivity contribution in [3.8, 4) is 11.6 Å². The Hall–Kier alpha value is -1.68. The van der Waals surface area contributed by atoms with E-state index in [1.54, 1.807) is 6.26 Å². The van der Waals surface area contributed by atoms with E-state index in [0.29, 0.717) is 5.82 Å². The molecule has 0 aliphatic heterocycles. The zero-order valence-electron chi connectivity index (χ0n) is 10.6. The van der Waals surface area contributed by atoms with Crippen molar-refractivity contribution in [2.24, 2.45) is 0 Å². The van der Waals surface area contributed by atoms with Gasteiger partial charge in [0.2, 0.25) is 0 Å². The van der Waals surface area contributed by atoms with E-state index in [-0.39, 0.29) is 6.04 Å². The molecule has 1 N–H and O–H groups in total. The van der Waals surface area contributed by atoms with Gasteiger partial charge < -0.3 is 9.73 Å². The van der Waals surface area contributed by atoms with E-state index in [4.69, 9.17) is 4.42 Å². The zero-order valence-corrected chi connectivity index (χ0v) is 10.6. The molecule has 0 saturated carbocycles. The van der Waals surface area contributed by atoms with E-state index >= 15 is 0 Å². The van der Waals surface area contributed by atoms with E-state index in [9.17, 15) is 0 Å². The number of nitrogens with zero attached hydrogens (tertiary/aromatic N) is 2. The minimum atomic E-state index is 0.252. The van der Waals surface area contributed by atoms with Crippen LogP contribution in [0.15, 0.2) is 22.9 Å². The Labute approximate surface area is 101 Å². The Kier molecular flexibility index (Phi) is 3.24. The van der Waals surface area contributed by atoms with Crippen molar-refractivity contribution >= 4 is 0 Å². The first-order chi connectivity index (χ1) is 8.13. The molecule has 1 unspecified atom stereocenters. The first-order valence-corrected chi connectivity index (χ1v) is 5.68. The van der Waals surface area contributed by atoms with Crippen LogP contribution < -0.4 is 5.32 Å². The molecule has 17 heavy (non-hydrogen) atoms. The number of aryl methyl sites for hydroxylation is 2. The maximum Gasteiger partial charge on any atom is 0.196 e. The van der Waals surface area contributed by atoms with Crippen LogP contribution in [0.2, 0.25) is 0 Å². The Morgan fingerprint density at radius 3 is 2.65 bits per heavy atom. The van der Waals surface area contributed by atoms with Crippen molar-refractivity contribution in [3.63, 3.8) is 0 Å². The molecule has 0 radical (unpaired) electrons. The van der Waals surface area contributed by atoms with Crippen LogP contribution in [0.1, 0.15) is 29.8 Å². The predicted octanol–water partition coefficient (Wildman–Crippen LogP) is 2.63. The SMILES string of the molecule is CNC(C)c1cnc(-c2occc2C)nc1C. The van der Waals surface area contributed by atoms with E-state index in [0.717, 1.165) is 22.6 Å². The normalized spacial score (nSPS) is 12.7. The minimum Gasteiger partial charge on any atom is -0.461 e. The third-order valence-electron chi connectivity index (χ3n) is 2.98. The van der Waals surface area contributed by atoms with Gasteiger partial charge in [-0.3, -0.25) is 0 Å². The lowest BCUT2D eigenvalue weighted by Crippen LogP contribution is -2.14. The summed E-state index contributed by atoms with van der Waals surface area (Å²) >= 11 is 0. The molecular formula is C13H17N3O. The summed E-state index contributed by atoms with van der Waals surface area (Å²) in [5, 5.41) is 3.18. The van der Waals surface area contributed by atoms with Gasteiger partial charge in [-0.1, -0.05) is 0 Å². The van der Waals surface area contributed by atoms with Gasteiger partial charge in [-0.2, -0.15) is 0 Å². The van der Waals surface area contributed by atoms with Crippen molar-refractivity contribution in [2.45, 2.75) is 26.8 Å². The zero-order chi connectivity index (χ0) is 12.4. The molecule has 4 heteroatoms. The summed E-state index contributed by atoms with van der Waals surface area (Å²) < 4.78 is 5.39. The number of aromatic nitrogens is 2.